The summed E-state index contributed by atoms with van der Waals surface area (Å²) in [6.45, 7) is 10.6. The molecule has 49 heavy (non-hydrogen) atoms. The van der Waals surface area contributed by atoms with Gasteiger partial charge in [0, 0.05) is 36.2 Å². The number of aromatic amines is 1. The van der Waals surface area contributed by atoms with E-state index in [1.54, 1.807) is 12.3 Å². The number of carbonyl (C=O) groups excluding carboxylic acids is 1. The van der Waals surface area contributed by atoms with E-state index in [2.05, 4.69) is 29.1 Å². The molecule has 6 atom stereocenters. The van der Waals surface area contributed by atoms with E-state index in [1.807, 2.05) is 51.1 Å². The Labute approximate surface area is 288 Å². The molecule has 0 aliphatic carbocycles. The number of amides is 1. The molecule has 3 heterocycles. The Morgan fingerprint density at radius 3 is 2.57 bits per heavy atom. The molecule has 12 nitrogen and oxygen atoms in total. The van der Waals surface area contributed by atoms with Crippen LogP contribution in [0.15, 0.2) is 58.4 Å². The molecule has 0 saturated carbocycles. The number of H-pyrrole nitrogens is 1. The van der Waals surface area contributed by atoms with E-state index in [-0.39, 0.29) is 61.1 Å². The Balaban J connectivity index is 1.38. The van der Waals surface area contributed by atoms with Crippen LogP contribution in [0.5, 0.6) is 5.88 Å². The maximum absolute atomic E-state index is 14.3. The van der Waals surface area contributed by atoms with Crippen LogP contribution in [0, 0.1) is 17.8 Å². The lowest BCUT2D eigenvalue weighted by Crippen LogP contribution is -2.51. The van der Waals surface area contributed by atoms with Crippen molar-refractivity contribution >= 4 is 33.2 Å². The summed E-state index contributed by atoms with van der Waals surface area (Å²) >= 11 is 0. The van der Waals surface area contributed by atoms with Gasteiger partial charge in [0.1, 0.15) is 6.10 Å². The SMILES string of the molecule is CC(C)CC(C)N=Cc1c(O)[nH]c2ccc(S(=O)(=O)N(CC(C)C)C[C@@H](O)[C@H](Cc3ccccc3)NC(=O)O[C@H]3CO[C@H]4OCC[C@H]43)cc12. The van der Waals surface area contributed by atoms with Crippen molar-refractivity contribution in [3.05, 3.63) is 59.7 Å². The highest BCUT2D eigenvalue weighted by atomic mass is 32.2. The molecule has 0 bridgehead atoms. The van der Waals surface area contributed by atoms with E-state index in [9.17, 15) is 23.4 Å². The van der Waals surface area contributed by atoms with Crippen LogP contribution in [0.1, 0.15) is 58.6 Å². The number of rotatable bonds is 15. The van der Waals surface area contributed by atoms with Gasteiger partial charge in [-0.25, -0.2) is 13.2 Å². The summed E-state index contributed by atoms with van der Waals surface area (Å²) in [4.78, 5) is 20.7. The number of ether oxygens (including phenoxy) is 3. The summed E-state index contributed by atoms with van der Waals surface area (Å²) in [6, 6.07) is 13.1. The topological polar surface area (TPSA) is 163 Å². The summed E-state index contributed by atoms with van der Waals surface area (Å²) < 4.78 is 46.7. The van der Waals surface area contributed by atoms with Gasteiger partial charge in [-0.1, -0.05) is 58.0 Å². The van der Waals surface area contributed by atoms with Gasteiger partial charge >= 0.3 is 6.09 Å². The number of aromatic hydroxyl groups is 1. The maximum Gasteiger partial charge on any atom is 0.407 e. The fraction of sp³-hybridized carbons (Fsp3) is 0.556. The molecule has 2 aliphatic rings. The van der Waals surface area contributed by atoms with Gasteiger partial charge in [-0.05, 0) is 61.8 Å². The molecule has 2 fully saturated rings. The molecule has 2 saturated heterocycles. The van der Waals surface area contributed by atoms with Crippen molar-refractivity contribution in [3.8, 4) is 5.88 Å². The molecular weight excluding hydrogens is 648 g/mol. The molecule has 3 aromatic rings. The summed E-state index contributed by atoms with van der Waals surface area (Å²) in [5, 5.41) is 25.6. The van der Waals surface area contributed by atoms with Crippen molar-refractivity contribution in [2.45, 2.75) is 89.4 Å². The second kappa shape index (κ2) is 16.0. The second-order valence-electron chi connectivity index (χ2n) is 14.0. The number of hydrogen-bond donors (Lipinski definition) is 4. The highest BCUT2D eigenvalue weighted by Crippen LogP contribution is 2.33. The predicted molar refractivity (Wildman–Crippen MR) is 187 cm³/mol. The summed E-state index contributed by atoms with van der Waals surface area (Å²) in [7, 11) is -4.14. The van der Waals surface area contributed by atoms with Gasteiger partial charge in [-0.3, -0.25) is 4.99 Å². The molecule has 13 heteroatoms. The molecule has 2 aromatic carbocycles. The Morgan fingerprint density at radius 2 is 1.86 bits per heavy atom. The monoisotopic (exact) mass is 698 g/mol. The number of benzene rings is 2. The van der Waals surface area contributed by atoms with Crippen molar-refractivity contribution in [2.75, 3.05) is 26.3 Å². The van der Waals surface area contributed by atoms with Crippen LogP contribution in [-0.2, 0) is 30.7 Å². The first-order valence-electron chi connectivity index (χ1n) is 17.1. The van der Waals surface area contributed by atoms with E-state index in [4.69, 9.17) is 14.2 Å². The molecule has 1 unspecified atom stereocenters. The van der Waals surface area contributed by atoms with E-state index in [1.165, 1.54) is 16.4 Å². The number of nitrogens with zero attached hydrogens (tertiary/aromatic N) is 2. The lowest BCUT2D eigenvalue weighted by atomic mass is 10.0. The molecule has 4 N–H and O–H groups in total. The van der Waals surface area contributed by atoms with Gasteiger partial charge in [0.25, 0.3) is 0 Å². The molecule has 0 spiro atoms. The number of aliphatic imine (C=N–C) groups is 1. The Kier molecular flexibility index (Phi) is 12.0. The number of alkyl carbamates (subject to hydrolysis) is 1. The predicted octanol–water partition coefficient (Wildman–Crippen LogP) is 4.83. The summed E-state index contributed by atoms with van der Waals surface area (Å²) in [6.07, 6.45) is 0.567. The first kappa shape index (κ1) is 36.8. The molecule has 1 aromatic heterocycles. The highest BCUT2D eigenvalue weighted by Gasteiger charge is 2.44. The minimum absolute atomic E-state index is 0.0123. The fourth-order valence-electron chi connectivity index (χ4n) is 6.60. The lowest BCUT2D eigenvalue weighted by molar-refractivity contribution is -0.0907. The minimum Gasteiger partial charge on any atom is -0.494 e. The fourth-order valence-corrected chi connectivity index (χ4v) is 8.25. The number of carbonyl (C=O) groups is 1. The van der Waals surface area contributed by atoms with Crippen LogP contribution in [-0.4, -0.2) is 97.1 Å². The van der Waals surface area contributed by atoms with E-state index in [0.717, 1.165) is 18.4 Å². The first-order chi connectivity index (χ1) is 23.3. The van der Waals surface area contributed by atoms with Gasteiger partial charge in [0.2, 0.25) is 10.0 Å². The van der Waals surface area contributed by atoms with Crippen molar-refractivity contribution in [2.24, 2.45) is 22.7 Å². The number of aliphatic hydroxyl groups is 1. The second-order valence-corrected chi connectivity index (χ2v) is 16.0. The van der Waals surface area contributed by atoms with Gasteiger partial charge in [0.15, 0.2) is 12.2 Å². The third kappa shape index (κ3) is 9.20. The van der Waals surface area contributed by atoms with E-state index in [0.29, 0.717) is 29.0 Å². The third-order valence-corrected chi connectivity index (χ3v) is 10.8. The molecule has 1 amide bonds. The Morgan fingerprint density at radius 1 is 1.10 bits per heavy atom. The van der Waals surface area contributed by atoms with Crippen molar-refractivity contribution in [1.82, 2.24) is 14.6 Å². The summed E-state index contributed by atoms with van der Waals surface area (Å²) in [5.74, 6) is 0.236. The standard InChI is InChI=1S/C36H50N4O8S/c1-22(2)15-24(5)37-18-29-28-17-26(11-12-30(28)38-34(29)42)49(44,45)40(19-23(3)4)20-32(41)31(16-25-9-7-6-8-10-25)39-36(43)48-33-21-47-35-27(33)13-14-46-35/h6-12,17-18,22-24,27,31-33,35,38,41-42H,13-16,19-21H2,1-5H3,(H,39,43)/t24?,27-,31-,32+,33-,35+/m0/s1. The largest absolute Gasteiger partial charge is 0.494 e. The highest BCUT2D eigenvalue weighted by molar-refractivity contribution is 7.89. The summed E-state index contributed by atoms with van der Waals surface area (Å²) in [5.41, 5.74) is 1.83. The zero-order chi connectivity index (χ0) is 35.3. The van der Waals surface area contributed by atoms with Crippen LogP contribution in [0.2, 0.25) is 0 Å². The normalized spacial score (nSPS) is 21.5. The zero-order valence-electron chi connectivity index (χ0n) is 28.9. The van der Waals surface area contributed by atoms with Gasteiger partial charge in [0.05, 0.1) is 41.7 Å². The van der Waals surface area contributed by atoms with E-state index >= 15 is 0 Å². The Hall–Kier alpha value is -3.49. The average Bonchev–Trinajstić information content (AvgIpc) is 3.74. The number of fused-ring (bicyclic) bond motifs is 2. The van der Waals surface area contributed by atoms with Crippen LogP contribution < -0.4 is 5.32 Å². The minimum atomic E-state index is -4.14. The number of nitrogens with one attached hydrogen (secondary N) is 2. The molecule has 0 radical (unpaired) electrons. The maximum atomic E-state index is 14.3. The molecule has 2 aliphatic heterocycles. The van der Waals surface area contributed by atoms with Crippen molar-refractivity contribution in [3.63, 3.8) is 0 Å². The number of sulfonamides is 1. The van der Waals surface area contributed by atoms with Gasteiger partial charge in [-0.15, -0.1) is 0 Å². The number of aliphatic hydroxyl groups excluding tert-OH is 1. The molecule has 5 rings (SSSR count). The molecule has 268 valence electrons. The quantitative estimate of drug-likeness (QED) is 0.164. The zero-order valence-corrected chi connectivity index (χ0v) is 29.7. The van der Waals surface area contributed by atoms with Gasteiger partial charge in [-0.2, -0.15) is 4.31 Å². The third-order valence-electron chi connectivity index (χ3n) is 8.97. The van der Waals surface area contributed by atoms with Crippen molar-refractivity contribution in [1.29, 1.82) is 0 Å². The Bertz CT molecular complexity index is 1690. The van der Waals surface area contributed by atoms with Crippen LogP contribution >= 0.6 is 0 Å². The van der Waals surface area contributed by atoms with Crippen LogP contribution in [0.4, 0.5) is 4.79 Å². The van der Waals surface area contributed by atoms with Crippen LogP contribution in [0.25, 0.3) is 10.9 Å². The average molecular weight is 699 g/mol. The van der Waals surface area contributed by atoms with Crippen molar-refractivity contribution < 1.29 is 37.6 Å². The smallest absolute Gasteiger partial charge is 0.407 e. The van der Waals surface area contributed by atoms with Gasteiger partial charge < -0.3 is 34.7 Å². The van der Waals surface area contributed by atoms with E-state index < -0.39 is 34.4 Å². The number of aromatic nitrogens is 1. The first-order valence-corrected chi connectivity index (χ1v) is 18.6. The van der Waals surface area contributed by atoms with Crippen LogP contribution in [0.3, 0.4) is 0 Å². The number of hydrogen-bond acceptors (Lipinski definition) is 9. The lowest BCUT2D eigenvalue weighted by Gasteiger charge is -2.31. The molecular formula is C36H50N4O8S.